The molecule has 16 heavy (non-hydrogen) atoms. The minimum atomic E-state index is -3.82. The van der Waals surface area contributed by atoms with Crippen molar-refractivity contribution in [2.75, 3.05) is 6.54 Å². The number of carbonyl (C=O) groups excluding carboxylic acids is 1. The summed E-state index contributed by atoms with van der Waals surface area (Å²) in [6.45, 7) is 3.36. The van der Waals surface area contributed by atoms with Crippen LogP contribution in [-0.2, 0) is 19.1 Å². The zero-order chi connectivity index (χ0) is 11.9. The van der Waals surface area contributed by atoms with Gasteiger partial charge in [-0.3, -0.25) is 4.79 Å². The first-order chi connectivity index (χ1) is 6.94. The Hall–Kier alpha value is 0.380. The van der Waals surface area contributed by atoms with Crippen LogP contribution in [0.2, 0.25) is 0 Å². The Morgan fingerprint density at radius 2 is 2.00 bits per heavy atom. The second-order valence-corrected chi connectivity index (χ2v) is 5.41. The molecule has 0 fully saturated rings. The van der Waals surface area contributed by atoms with Crippen LogP contribution in [0.15, 0.2) is 0 Å². The van der Waals surface area contributed by atoms with Gasteiger partial charge in [-0.1, -0.05) is 19.8 Å². The smallest absolute Gasteiger partial charge is 1.00 e. The van der Waals surface area contributed by atoms with Gasteiger partial charge < -0.3 is 11.3 Å². The van der Waals surface area contributed by atoms with Gasteiger partial charge in [0, 0.05) is 13.0 Å². The molecule has 7 heteroatoms. The van der Waals surface area contributed by atoms with E-state index in [1.165, 1.54) is 6.92 Å². The molecular weight excluding hydrogens is 241 g/mol. The zero-order valence-electron chi connectivity index (χ0n) is 11.2. The molecule has 92 valence electrons. The van der Waals surface area contributed by atoms with Crippen molar-refractivity contribution in [1.29, 1.82) is 0 Å². The summed E-state index contributed by atoms with van der Waals surface area (Å²) in [5.74, 6) is -0.691. The molecule has 0 aliphatic heterocycles. The Labute approximate surface area is 121 Å². The molecule has 0 radical (unpaired) electrons. The predicted octanol–water partition coefficient (Wildman–Crippen LogP) is -2.10. The minimum absolute atomic E-state index is 0. The molecule has 0 bridgehead atoms. The molecule has 0 amide bonds. The summed E-state index contributed by atoms with van der Waals surface area (Å²) in [5.41, 5.74) is 5.19. The monoisotopic (exact) mass is 261 g/mol. The summed E-state index contributed by atoms with van der Waals surface area (Å²) in [6, 6.07) is 0. The molecule has 0 aromatic heterocycles. The summed E-state index contributed by atoms with van der Waals surface area (Å²) in [5, 5.41) is -0.840. The summed E-state index contributed by atoms with van der Waals surface area (Å²) in [6.07, 6.45) is 2.66. The van der Waals surface area contributed by atoms with Crippen LogP contribution in [0.3, 0.4) is 0 Å². The summed E-state index contributed by atoms with van der Waals surface area (Å²) >= 11 is 0. The average molecular weight is 261 g/mol. The van der Waals surface area contributed by atoms with E-state index in [-0.39, 0.29) is 43.9 Å². The van der Waals surface area contributed by atoms with E-state index >= 15 is 0 Å². The fourth-order valence-electron chi connectivity index (χ4n) is 0.891. The Morgan fingerprint density at radius 3 is 2.44 bits per heavy atom. The Kier molecular flexibility index (Phi) is 11.0. The second-order valence-electron chi connectivity index (χ2n) is 3.45. The molecule has 0 aliphatic rings. The molecule has 0 aliphatic carbocycles. The maximum absolute atomic E-state index is 11.3. The van der Waals surface area contributed by atoms with E-state index < -0.39 is 21.3 Å². The standard InChI is InChI=1S/C9H19NO4S.Na.H/c1-3-4-5-6-9(11)14-15(12,13)8(2)7-10;;/h8H,3-7,10H2,1-2H3;;/q;+1;-1. The number of rotatable bonds is 7. The van der Waals surface area contributed by atoms with E-state index in [0.29, 0.717) is 6.42 Å². The van der Waals surface area contributed by atoms with Crippen LogP contribution in [0.25, 0.3) is 0 Å². The fourth-order valence-corrected chi connectivity index (χ4v) is 1.63. The Balaban J connectivity index is -0.000000980. The number of unbranched alkanes of at least 4 members (excludes halogenated alkanes) is 2. The molecule has 1 unspecified atom stereocenters. The van der Waals surface area contributed by atoms with Gasteiger partial charge in [0.25, 0.3) is 0 Å². The second kappa shape index (κ2) is 9.41. The topological polar surface area (TPSA) is 86.5 Å². The van der Waals surface area contributed by atoms with E-state index in [1.54, 1.807) is 0 Å². The van der Waals surface area contributed by atoms with Gasteiger partial charge in [-0.25, -0.2) is 0 Å². The van der Waals surface area contributed by atoms with Crippen LogP contribution in [0.4, 0.5) is 0 Å². The summed E-state index contributed by atoms with van der Waals surface area (Å²) in [4.78, 5) is 11.1. The van der Waals surface area contributed by atoms with Crippen LogP contribution in [0, 0.1) is 0 Å². The van der Waals surface area contributed by atoms with E-state index in [0.717, 1.165) is 12.8 Å². The molecule has 0 rings (SSSR count). The van der Waals surface area contributed by atoms with Crippen LogP contribution in [0.5, 0.6) is 0 Å². The van der Waals surface area contributed by atoms with Crippen molar-refractivity contribution in [3.05, 3.63) is 0 Å². The predicted molar refractivity (Wildman–Crippen MR) is 58.8 cm³/mol. The number of hydrogen-bond donors (Lipinski definition) is 1. The molecule has 0 heterocycles. The maximum atomic E-state index is 11.3. The van der Waals surface area contributed by atoms with Gasteiger partial charge in [0.1, 0.15) is 5.25 Å². The van der Waals surface area contributed by atoms with Gasteiger partial charge in [0.15, 0.2) is 0 Å². The van der Waals surface area contributed by atoms with E-state index in [1.807, 2.05) is 6.92 Å². The van der Waals surface area contributed by atoms with Gasteiger partial charge in [-0.15, -0.1) is 0 Å². The van der Waals surface area contributed by atoms with Gasteiger partial charge in [0.2, 0.25) is 0 Å². The van der Waals surface area contributed by atoms with Crippen molar-refractivity contribution >= 4 is 16.1 Å². The van der Waals surface area contributed by atoms with Crippen LogP contribution in [-0.4, -0.2) is 26.2 Å². The van der Waals surface area contributed by atoms with Crippen LogP contribution in [0.1, 0.15) is 41.0 Å². The molecule has 2 N–H and O–H groups in total. The first kappa shape index (κ1) is 18.7. The molecular formula is C9H20NNaO4S. The van der Waals surface area contributed by atoms with E-state index in [2.05, 4.69) is 4.18 Å². The van der Waals surface area contributed by atoms with Crippen molar-refractivity contribution in [2.45, 2.75) is 44.8 Å². The van der Waals surface area contributed by atoms with Crippen molar-refractivity contribution in [3.63, 3.8) is 0 Å². The molecule has 1 atom stereocenters. The van der Waals surface area contributed by atoms with Crippen molar-refractivity contribution < 1.29 is 48.4 Å². The van der Waals surface area contributed by atoms with Crippen LogP contribution < -0.4 is 35.3 Å². The zero-order valence-corrected chi connectivity index (χ0v) is 13.0. The SMILES string of the molecule is CCCCCC(=O)OS(=O)(=O)C(C)CN.[H-].[Na+]. The van der Waals surface area contributed by atoms with Crippen molar-refractivity contribution in [1.82, 2.24) is 0 Å². The normalized spacial score (nSPS) is 12.7. The van der Waals surface area contributed by atoms with Gasteiger partial charge >= 0.3 is 45.6 Å². The Morgan fingerprint density at radius 1 is 1.44 bits per heavy atom. The third-order valence-electron chi connectivity index (χ3n) is 2.02. The maximum Gasteiger partial charge on any atom is 1.00 e. The van der Waals surface area contributed by atoms with Crippen LogP contribution >= 0.6 is 0 Å². The molecule has 0 aromatic carbocycles. The molecule has 0 aromatic rings. The minimum Gasteiger partial charge on any atom is -1.00 e. The molecule has 0 saturated heterocycles. The van der Waals surface area contributed by atoms with Crippen molar-refractivity contribution in [2.24, 2.45) is 5.73 Å². The first-order valence-electron chi connectivity index (χ1n) is 5.10. The van der Waals surface area contributed by atoms with Gasteiger partial charge in [-0.05, 0) is 13.3 Å². The first-order valence-corrected chi connectivity index (χ1v) is 6.57. The van der Waals surface area contributed by atoms with E-state index in [9.17, 15) is 13.2 Å². The molecule has 0 saturated carbocycles. The number of hydrogen-bond acceptors (Lipinski definition) is 5. The third-order valence-corrected chi connectivity index (χ3v) is 3.61. The number of nitrogens with two attached hydrogens (primary N) is 1. The van der Waals surface area contributed by atoms with Gasteiger partial charge in [0.05, 0.1) is 0 Å². The third kappa shape index (κ3) is 7.62. The summed E-state index contributed by atoms with van der Waals surface area (Å²) in [7, 11) is -3.82. The molecule has 5 nitrogen and oxygen atoms in total. The fraction of sp³-hybridized carbons (Fsp3) is 0.889. The van der Waals surface area contributed by atoms with E-state index in [4.69, 9.17) is 5.73 Å². The quantitative estimate of drug-likeness (QED) is 0.322. The largest absolute Gasteiger partial charge is 1.00 e. The average Bonchev–Trinajstić information content (AvgIpc) is 2.16. The van der Waals surface area contributed by atoms with Crippen molar-refractivity contribution in [3.8, 4) is 0 Å². The van der Waals surface area contributed by atoms with Gasteiger partial charge in [-0.2, -0.15) is 8.42 Å². The molecule has 0 spiro atoms. The number of carbonyl (C=O) groups is 1. The Bertz CT molecular complexity index is 297. The summed E-state index contributed by atoms with van der Waals surface area (Å²) < 4.78 is 27.0.